The number of nitrogens with one attached hydrogen (secondary N) is 1. The molecule has 9 heteroatoms. The van der Waals surface area contributed by atoms with Crippen molar-refractivity contribution in [1.82, 2.24) is 9.21 Å². The summed E-state index contributed by atoms with van der Waals surface area (Å²) in [7, 11) is -2.06. The topological polar surface area (TPSA) is 82.2 Å². The van der Waals surface area contributed by atoms with Crippen LogP contribution < -0.4 is 15.0 Å². The third kappa shape index (κ3) is 6.08. The van der Waals surface area contributed by atoms with E-state index in [0.29, 0.717) is 24.5 Å². The summed E-state index contributed by atoms with van der Waals surface area (Å²) in [5, 5.41) is 2.99. The highest BCUT2D eigenvalue weighted by Crippen LogP contribution is 2.31. The molecule has 1 fully saturated rings. The molecule has 1 amide bonds. The Balaban J connectivity index is 1.91. The van der Waals surface area contributed by atoms with Crippen LogP contribution in [0.2, 0.25) is 0 Å². The van der Waals surface area contributed by atoms with Crippen LogP contribution in [0.25, 0.3) is 0 Å². The molecule has 8 nitrogen and oxygen atoms in total. The van der Waals surface area contributed by atoms with Crippen LogP contribution in [0.1, 0.15) is 26.3 Å². The van der Waals surface area contributed by atoms with Gasteiger partial charge in [-0.05, 0) is 42.4 Å². The van der Waals surface area contributed by atoms with E-state index in [1.165, 1.54) is 4.31 Å². The Labute approximate surface area is 203 Å². The lowest BCUT2D eigenvalue weighted by molar-refractivity contribution is -0.115. The van der Waals surface area contributed by atoms with Crippen molar-refractivity contribution in [2.24, 2.45) is 0 Å². The number of nitrogens with zero attached hydrogens (tertiary/aromatic N) is 3. The predicted molar refractivity (Wildman–Crippen MR) is 136 cm³/mol. The van der Waals surface area contributed by atoms with E-state index in [1.807, 2.05) is 44.2 Å². The minimum Gasteiger partial charge on any atom is -0.497 e. The second-order valence-corrected chi connectivity index (χ2v) is 10.2. The number of carbonyl (C=O) groups excluding carboxylic acids is 1. The molecule has 1 aliphatic heterocycles. The molecular weight excluding hydrogens is 452 g/mol. The highest BCUT2D eigenvalue weighted by atomic mass is 32.2. The van der Waals surface area contributed by atoms with Gasteiger partial charge < -0.3 is 19.9 Å². The fraction of sp³-hybridized carbons (Fsp3) is 0.480. The third-order valence-corrected chi connectivity index (χ3v) is 8.29. The first-order valence-corrected chi connectivity index (χ1v) is 13.3. The Bertz CT molecular complexity index is 1080. The number of piperazine rings is 1. The Morgan fingerprint density at radius 2 is 1.74 bits per heavy atom. The van der Waals surface area contributed by atoms with Gasteiger partial charge in [0.2, 0.25) is 15.9 Å². The number of ether oxygens (including phenoxy) is 1. The maximum Gasteiger partial charge on any atom is 0.243 e. The van der Waals surface area contributed by atoms with Crippen LogP contribution in [-0.2, 0) is 21.2 Å². The van der Waals surface area contributed by atoms with E-state index in [1.54, 1.807) is 19.2 Å². The summed E-state index contributed by atoms with van der Waals surface area (Å²) in [6, 6.07) is 12.4. The third-order valence-electron chi connectivity index (χ3n) is 6.24. The molecule has 0 spiro atoms. The molecule has 186 valence electrons. The van der Waals surface area contributed by atoms with Gasteiger partial charge in [0.15, 0.2) is 0 Å². The standard InChI is InChI=1S/C25H36N4O4S/c1-5-27-13-15-28(16-14-27)24-12-11-22(34(31,32)29(6-2)7-3)19-23(24)26-25(30)18-20-9-8-10-21(17-20)33-4/h8-12,17,19H,5-7,13-16,18H2,1-4H3,(H,26,30). The molecule has 0 saturated carbocycles. The molecule has 0 bridgehead atoms. The Hall–Kier alpha value is -2.62. The van der Waals surface area contributed by atoms with Gasteiger partial charge in [-0.2, -0.15) is 4.31 Å². The highest BCUT2D eigenvalue weighted by Gasteiger charge is 2.25. The molecule has 0 radical (unpaired) electrons. The number of benzene rings is 2. The first-order chi connectivity index (χ1) is 16.3. The highest BCUT2D eigenvalue weighted by molar-refractivity contribution is 7.89. The van der Waals surface area contributed by atoms with E-state index in [2.05, 4.69) is 22.0 Å². The molecule has 2 aromatic rings. The number of likely N-dealkylation sites (N-methyl/N-ethyl adjacent to an activating group) is 1. The predicted octanol–water partition coefficient (Wildman–Crippen LogP) is 3.05. The maximum atomic E-state index is 13.1. The van der Waals surface area contributed by atoms with Gasteiger partial charge in [0.25, 0.3) is 0 Å². The van der Waals surface area contributed by atoms with Gasteiger partial charge in [-0.15, -0.1) is 0 Å². The van der Waals surface area contributed by atoms with Crippen molar-refractivity contribution in [3.8, 4) is 5.75 Å². The van der Waals surface area contributed by atoms with Crippen molar-refractivity contribution in [3.05, 3.63) is 48.0 Å². The van der Waals surface area contributed by atoms with Gasteiger partial charge in [-0.3, -0.25) is 4.79 Å². The first-order valence-electron chi connectivity index (χ1n) is 11.9. The average molecular weight is 489 g/mol. The zero-order valence-electron chi connectivity index (χ0n) is 20.6. The molecule has 2 aromatic carbocycles. The number of carbonyl (C=O) groups is 1. The van der Waals surface area contributed by atoms with Gasteiger partial charge in [0.05, 0.1) is 29.8 Å². The van der Waals surface area contributed by atoms with Crippen LogP contribution in [0.5, 0.6) is 5.75 Å². The minimum absolute atomic E-state index is 0.160. The van der Waals surface area contributed by atoms with Crippen molar-refractivity contribution in [2.75, 3.05) is 63.1 Å². The van der Waals surface area contributed by atoms with Crippen LogP contribution in [0.4, 0.5) is 11.4 Å². The molecule has 0 aliphatic carbocycles. The number of hydrogen-bond donors (Lipinski definition) is 1. The summed E-state index contributed by atoms with van der Waals surface area (Å²) >= 11 is 0. The molecule has 0 atom stereocenters. The molecule has 0 aromatic heterocycles. The summed E-state index contributed by atoms with van der Waals surface area (Å²) < 4.78 is 33.0. The lowest BCUT2D eigenvalue weighted by atomic mass is 10.1. The van der Waals surface area contributed by atoms with Crippen LogP contribution >= 0.6 is 0 Å². The fourth-order valence-corrected chi connectivity index (χ4v) is 5.72. The zero-order chi connectivity index (χ0) is 24.7. The lowest BCUT2D eigenvalue weighted by Gasteiger charge is -2.36. The summed E-state index contributed by atoms with van der Waals surface area (Å²) in [5.41, 5.74) is 2.18. The number of rotatable bonds is 10. The first kappa shape index (κ1) is 26.0. The number of anilines is 2. The molecule has 1 N–H and O–H groups in total. The number of sulfonamides is 1. The van der Waals surface area contributed by atoms with Gasteiger partial charge >= 0.3 is 0 Å². The van der Waals surface area contributed by atoms with E-state index < -0.39 is 10.0 Å². The molecule has 3 rings (SSSR count). The average Bonchev–Trinajstić information content (AvgIpc) is 2.84. The van der Waals surface area contributed by atoms with Gasteiger partial charge in [-0.25, -0.2) is 8.42 Å². The van der Waals surface area contributed by atoms with Crippen LogP contribution in [0, 0.1) is 0 Å². The maximum absolute atomic E-state index is 13.1. The second kappa shape index (κ2) is 11.7. The monoisotopic (exact) mass is 488 g/mol. The molecule has 0 unspecified atom stereocenters. The normalized spacial score (nSPS) is 14.9. The molecular formula is C25H36N4O4S. The summed E-state index contributed by atoms with van der Waals surface area (Å²) in [6.45, 7) is 11.0. The van der Waals surface area contributed by atoms with Crippen LogP contribution in [0.3, 0.4) is 0 Å². The summed E-state index contributed by atoms with van der Waals surface area (Å²) in [4.78, 5) is 17.7. The van der Waals surface area contributed by atoms with Crippen molar-refractivity contribution in [3.63, 3.8) is 0 Å². The Morgan fingerprint density at radius 3 is 2.35 bits per heavy atom. The van der Waals surface area contributed by atoms with Gasteiger partial charge in [0.1, 0.15) is 5.75 Å². The fourth-order valence-electron chi connectivity index (χ4n) is 4.23. The summed E-state index contributed by atoms with van der Waals surface area (Å²) in [5.74, 6) is 0.478. The molecule has 1 saturated heterocycles. The largest absolute Gasteiger partial charge is 0.497 e. The van der Waals surface area contributed by atoms with Crippen LogP contribution in [-0.4, -0.2) is 76.5 Å². The van der Waals surface area contributed by atoms with E-state index in [9.17, 15) is 13.2 Å². The molecule has 1 heterocycles. The van der Waals surface area contributed by atoms with Gasteiger partial charge in [-0.1, -0.05) is 32.9 Å². The Morgan fingerprint density at radius 1 is 1.03 bits per heavy atom. The van der Waals surface area contributed by atoms with E-state index in [4.69, 9.17) is 4.74 Å². The smallest absolute Gasteiger partial charge is 0.243 e. The lowest BCUT2D eigenvalue weighted by Crippen LogP contribution is -2.46. The van der Waals surface area contributed by atoms with Crippen molar-refractivity contribution in [1.29, 1.82) is 0 Å². The number of hydrogen-bond acceptors (Lipinski definition) is 6. The van der Waals surface area contributed by atoms with Gasteiger partial charge in [0, 0.05) is 39.3 Å². The quantitative estimate of drug-likeness (QED) is 0.554. The van der Waals surface area contributed by atoms with Crippen molar-refractivity contribution < 1.29 is 17.9 Å². The van der Waals surface area contributed by atoms with E-state index >= 15 is 0 Å². The minimum atomic E-state index is -3.65. The summed E-state index contributed by atoms with van der Waals surface area (Å²) in [6.07, 6.45) is 0.160. The Kier molecular flexibility index (Phi) is 8.93. The SMILES string of the molecule is CCN1CCN(c2ccc(S(=O)(=O)N(CC)CC)cc2NC(=O)Cc2cccc(OC)c2)CC1. The second-order valence-electron chi connectivity index (χ2n) is 8.27. The van der Waals surface area contributed by atoms with E-state index in [-0.39, 0.29) is 17.2 Å². The van der Waals surface area contributed by atoms with Crippen LogP contribution in [0.15, 0.2) is 47.4 Å². The number of methoxy groups -OCH3 is 1. The molecule has 1 aliphatic rings. The zero-order valence-corrected chi connectivity index (χ0v) is 21.4. The van der Waals surface area contributed by atoms with Crippen molar-refractivity contribution >= 4 is 27.3 Å². The molecule has 34 heavy (non-hydrogen) atoms. The van der Waals surface area contributed by atoms with Crippen molar-refractivity contribution in [2.45, 2.75) is 32.1 Å². The van der Waals surface area contributed by atoms with E-state index in [0.717, 1.165) is 44.0 Å². The number of amides is 1.